The van der Waals surface area contributed by atoms with Gasteiger partial charge >= 0.3 is 5.97 Å². The molecule has 0 radical (unpaired) electrons. The third-order valence-electron chi connectivity index (χ3n) is 4.37. The minimum Gasteiger partial charge on any atom is -0.440 e. The maximum absolute atomic E-state index is 13.1. The zero-order valence-electron chi connectivity index (χ0n) is 14.0. The Morgan fingerprint density at radius 2 is 1.80 bits per heavy atom. The number of aryl methyl sites for hydroxylation is 1. The summed E-state index contributed by atoms with van der Waals surface area (Å²) in [6.07, 6.45) is 1.72. The molecule has 0 bridgehead atoms. The second-order valence-corrected chi connectivity index (χ2v) is 6.17. The minimum absolute atomic E-state index is 0.0917. The van der Waals surface area contributed by atoms with E-state index < -0.39 is 12.2 Å². The molecule has 4 nitrogen and oxygen atoms in total. The summed E-state index contributed by atoms with van der Waals surface area (Å²) in [5, 5.41) is 0. The topological polar surface area (TPSA) is 46.6 Å². The Kier molecular flexibility index (Phi) is 5.12. The predicted molar refractivity (Wildman–Crippen MR) is 92.3 cm³/mol. The largest absolute Gasteiger partial charge is 0.440 e. The van der Waals surface area contributed by atoms with E-state index in [9.17, 15) is 14.0 Å². The average molecular weight is 341 g/mol. The lowest BCUT2D eigenvalue weighted by Gasteiger charge is -2.45. The van der Waals surface area contributed by atoms with Crippen LogP contribution in [-0.2, 0) is 20.7 Å². The molecule has 130 valence electrons. The second-order valence-electron chi connectivity index (χ2n) is 6.17. The van der Waals surface area contributed by atoms with Gasteiger partial charge in [-0.1, -0.05) is 30.3 Å². The number of nitrogens with zero attached hydrogens (tertiary/aromatic N) is 1. The van der Waals surface area contributed by atoms with E-state index in [0.717, 1.165) is 12.8 Å². The summed E-state index contributed by atoms with van der Waals surface area (Å²) in [6, 6.07) is 15.7. The molecule has 1 saturated heterocycles. The van der Waals surface area contributed by atoms with Crippen LogP contribution < -0.4 is 4.90 Å². The lowest BCUT2D eigenvalue weighted by Crippen LogP contribution is -2.63. The van der Waals surface area contributed by atoms with Crippen molar-refractivity contribution in [3.63, 3.8) is 0 Å². The van der Waals surface area contributed by atoms with Crippen molar-refractivity contribution in [2.75, 3.05) is 4.90 Å². The minimum atomic E-state index is -0.619. The molecule has 1 heterocycles. The highest BCUT2D eigenvalue weighted by molar-refractivity contribution is 6.02. The number of halogens is 1. The third kappa shape index (κ3) is 3.87. The lowest BCUT2D eigenvalue weighted by atomic mass is 9.88. The van der Waals surface area contributed by atoms with Crippen LogP contribution in [-0.4, -0.2) is 18.1 Å². The molecule has 0 aromatic heterocycles. The summed E-state index contributed by atoms with van der Waals surface area (Å²) >= 11 is 0. The van der Waals surface area contributed by atoms with Crippen molar-refractivity contribution in [1.82, 2.24) is 0 Å². The Bertz CT molecular complexity index is 745. The van der Waals surface area contributed by atoms with Crippen LogP contribution in [0, 0.1) is 11.7 Å². The summed E-state index contributed by atoms with van der Waals surface area (Å²) in [4.78, 5) is 25.4. The smallest absolute Gasteiger partial charge is 0.304 e. The van der Waals surface area contributed by atoms with E-state index in [4.69, 9.17) is 4.74 Å². The zero-order valence-corrected chi connectivity index (χ0v) is 14.0. The van der Waals surface area contributed by atoms with Gasteiger partial charge in [-0.15, -0.1) is 0 Å². The summed E-state index contributed by atoms with van der Waals surface area (Å²) < 4.78 is 18.4. The van der Waals surface area contributed by atoms with Gasteiger partial charge in [0.1, 0.15) is 5.82 Å². The van der Waals surface area contributed by atoms with Crippen molar-refractivity contribution in [3.05, 3.63) is 66.0 Å². The Morgan fingerprint density at radius 3 is 2.44 bits per heavy atom. The Hall–Kier alpha value is -2.69. The molecule has 1 aliphatic rings. The maximum atomic E-state index is 13.1. The van der Waals surface area contributed by atoms with Gasteiger partial charge in [-0.25, -0.2) is 4.39 Å². The quantitative estimate of drug-likeness (QED) is 0.594. The molecule has 25 heavy (non-hydrogen) atoms. The molecule has 1 amide bonds. The molecule has 3 rings (SSSR count). The Morgan fingerprint density at radius 1 is 1.12 bits per heavy atom. The molecule has 2 aromatic rings. The monoisotopic (exact) mass is 341 g/mol. The van der Waals surface area contributed by atoms with Crippen molar-refractivity contribution in [2.24, 2.45) is 5.92 Å². The first-order chi connectivity index (χ1) is 12.1. The van der Waals surface area contributed by atoms with Crippen molar-refractivity contribution in [3.8, 4) is 0 Å². The second kappa shape index (κ2) is 7.47. The van der Waals surface area contributed by atoms with Crippen LogP contribution in [0.3, 0.4) is 0 Å². The lowest BCUT2D eigenvalue weighted by molar-refractivity contribution is -0.161. The number of hydrogen-bond acceptors (Lipinski definition) is 3. The van der Waals surface area contributed by atoms with Crippen molar-refractivity contribution >= 4 is 17.6 Å². The first-order valence-corrected chi connectivity index (χ1v) is 8.36. The Balaban J connectivity index is 1.65. The van der Waals surface area contributed by atoms with Crippen LogP contribution in [0.5, 0.6) is 0 Å². The van der Waals surface area contributed by atoms with Gasteiger partial charge in [0.15, 0.2) is 6.23 Å². The number of benzene rings is 2. The summed E-state index contributed by atoms with van der Waals surface area (Å²) in [5.74, 6) is -1.25. The van der Waals surface area contributed by atoms with E-state index in [-0.39, 0.29) is 17.6 Å². The zero-order chi connectivity index (χ0) is 17.8. The van der Waals surface area contributed by atoms with E-state index in [2.05, 4.69) is 12.1 Å². The average Bonchev–Trinajstić information content (AvgIpc) is 2.60. The van der Waals surface area contributed by atoms with Crippen LogP contribution in [0.4, 0.5) is 10.1 Å². The number of esters is 1. The predicted octanol–water partition coefficient (Wildman–Crippen LogP) is 3.70. The first-order valence-electron chi connectivity index (χ1n) is 8.36. The number of hydrogen-bond donors (Lipinski definition) is 0. The number of rotatable bonds is 6. The van der Waals surface area contributed by atoms with Crippen LogP contribution in [0.1, 0.15) is 25.3 Å². The van der Waals surface area contributed by atoms with Crippen LogP contribution >= 0.6 is 0 Å². The maximum Gasteiger partial charge on any atom is 0.304 e. The van der Waals surface area contributed by atoms with E-state index in [1.807, 2.05) is 18.2 Å². The highest BCUT2D eigenvalue weighted by atomic mass is 19.1. The van der Waals surface area contributed by atoms with Gasteiger partial charge in [-0.3, -0.25) is 14.5 Å². The number of amides is 1. The van der Waals surface area contributed by atoms with E-state index in [0.29, 0.717) is 12.1 Å². The molecule has 1 fully saturated rings. The highest BCUT2D eigenvalue weighted by Crippen LogP contribution is 2.36. The van der Waals surface area contributed by atoms with Crippen LogP contribution in [0.15, 0.2) is 54.6 Å². The molecule has 2 aromatic carbocycles. The van der Waals surface area contributed by atoms with Crippen LogP contribution in [0.2, 0.25) is 0 Å². The number of carbonyl (C=O) groups is 2. The van der Waals surface area contributed by atoms with Gasteiger partial charge in [-0.2, -0.15) is 0 Å². The van der Waals surface area contributed by atoms with Gasteiger partial charge in [0.2, 0.25) is 5.91 Å². The van der Waals surface area contributed by atoms with Crippen molar-refractivity contribution in [2.45, 2.75) is 32.4 Å². The molecule has 1 aliphatic heterocycles. The van der Waals surface area contributed by atoms with Gasteiger partial charge in [-0.05, 0) is 49.1 Å². The van der Waals surface area contributed by atoms with E-state index >= 15 is 0 Å². The number of anilines is 1. The van der Waals surface area contributed by atoms with Gasteiger partial charge in [0.25, 0.3) is 0 Å². The molecule has 0 N–H and O–H groups in total. The Labute approximate surface area is 146 Å². The molecule has 2 atom stereocenters. The van der Waals surface area contributed by atoms with Gasteiger partial charge in [0.05, 0.1) is 5.92 Å². The van der Waals surface area contributed by atoms with Gasteiger partial charge in [0, 0.05) is 12.6 Å². The number of β-lactam (4-membered cyclic amide) rings is 1. The number of carbonyl (C=O) groups excluding carboxylic acids is 2. The summed E-state index contributed by atoms with van der Waals surface area (Å²) in [5.41, 5.74) is 1.76. The van der Waals surface area contributed by atoms with Gasteiger partial charge < -0.3 is 4.74 Å². The summed E-state index contributed by atoms with van der Waals surface area (Å²) in [6.45, 7) is 1.33. The molecule has 0 spiro atoms. The molecule has 0 saturated carbocycles. The molecule has 0 aliphatic carbocycles. The molecule has 5 heteroatoms. The highest BCUT2D eigenvalue weighted by Gasteiger charge is 2.49. The standard InChI is InChI=1S/C20H20FNO3/c1-14(23)25-20-18(9-5-8-15-6-3-2-4-7-15)19(24)22(20)17-12-10-16(21)11-13-17/h2-4,6-7,10-13,18,20H,5,8-9H2,1H3. The normalized spacial score (nSPS) is 19.4. The van der Waals surface area contributed by atoms with Crippen molar-refractivity contribution in [1.29, 1.82) is 0 Å². The fourth-order valence-corrected chi connectivity index (χ4v) is 3.14. The fraction of sp³-hybridized carbons (Fsp3) is 0.300. The summed E-state index contributed by atoms with van der Waals surface area (Å²) in [7, 11) is 0. The SMILES string of the molecule is CC(=O)OC1C(CCCc2ccccc2)C(=O)N1c1ccc(F)cc1. The molecular formula is C20H20FNO3. The molecule has 2 unspecified atom stereocenters. The first kappa shape index (κ1) is 17.1. The molecular weight excluding hydrogens is 321 g/mol. The number of ether oxygens (including phenoxy) is 1. The van der Waals surface area contributed by atoms with E-state index in [1.54, 1.807) is 0 Å². The van der Waals surface area contributed by atoms with E-state index in [1.165, 1.54) is 41.7 Å². The third-order valence-corrected chi connectivity index (χ3v) is 4.37. The van der Waals surface area contributed by atoms with Crippen molar-refractivity contribution < 1.29 is 18.7 Å². The van der Waals surface area contributed by atoms with Crippen LogP contribution in [0.25, 0.3) is 0 Å². The fourth-order valence-electron chi connectivity index (χ4n) is 3.14.